The highest BCUT2D eigenvalue weighted by Gasteiger charge is 2.31. The van der Waals surface area contributed by atoms with Crippen molar-refractivity contribution in [2.45, 2.75) is 33.2 Å². The lowest BCUT2D eigenvalue weighted by atomic mass is 10.0. The molecule has 1 aliphatic heterocycles. The topological polar surface area (TPSA) is 82.2 Å². The molecule has 104 valence electrons. The molecule has 0 aromatic rings. The number of nitrogens with zero attached hydrogens (tertiary/aromatic N) is 3. The van der Waals surface area contributed by atoms with Crippen molar-refractivity contribution in [1.82, 2.24) is 9.80 Å². The molecule has 0 spiro atoms. The number of carbonyl (C=O) groups is 1. The summed E-state index contributed by atoms with van der Waals surface area (Å²) >= 11 is 0. The molecule has 1 fully saturated rings. The lowest BCUT2D eigenvalue weighted by Crippen LogP contribution is -2.55. The summed E-state index contributed by atoms with van der Waals surface area (Å²) in [6.45, 7) is 9.42. The Kier molecular flexibility index (Phi) is 5.40. The maximum Gasteiger partial charge on any atom is 0.233 e. The van der Waals surface area contributed by atoms with Gasteiger partial charge in [0.1, 0.15) is 0 Å². The number of piperazine rings is 1. The number of oxime groups is 1. The second-order valence-corrected chi connectivity index (χ2v) is 4.75. The van der Waals surface area contributed by atoms with Crippen molar-refractivity contribution >= 4 is 11.7 Å². The second kappa shape index (κ2) is 6.58. The van der Waals surface area contributed by atoms with E-state index in [4.69, 9.17) is 10.9 Å². The Balaban J connectivity index is 2.68. The third-order valence-electron chi connectivity index (χ3n) is 3.66. The van der Waals surface area contributed by atoms with Crippen LogP contribution in [-0.4, -0.2) is 59.0 Å². The van der Waals surface area contributed by atoms with E-state index >= 15 is 0 Å². The third kappa shape index (κ3) is 3.13. The molecule has 0 bridgehead atoms. The van der Waals surface area contributed by atoms with Crippen molar-refractivity contribution in [2.75, 3.05) is 26.2 Å². The van der Waals surface area contributed by atoms with Crippen LogP contribution in [0.2, 0.25) is 0 Å². The van der Waals surface area contributed by atoms with Gasteiger partial charge in [0.25, 0.3) is 0 Å². The van der Waals surface area contributed by atoms with E-state index in [1.165, 1.54) is 0 Å². The van der Waals surface area contributed by atoms with Gasteiger partial charge in [0, 0.05) is 25.7 Å². The molecule has 2 unspecified atom stereocenters. The summed E-state index contributed by atoms with van der Waals surface area (Å²) < 4.78 is 0. The second-order valence-electron chi connectivity index (χ2n) is 4.75. The SMILES string of the molecule is CCC(C(=O)N1CCN(CC)C(C)C1)C(N)=NO. The van der Waals surface area contributed by atoms with Gasteiger partial charge in [-0.1, -0.05) is 19.0 Å². The highest BCUT2D eigenvalue weighted by molar-refractivity contribution is 6.02. The first-order valence-electron chi connectivity index (χ1n) is 6.55. The van der Waals surface area contributed by atoms with Gasteiger partial charge in [0.2, 0.25) is 5.91 Å². The molecule has 6 nitrogen and oxygen atoms in total. The van der Waals surface area contributed by atoms with Crippen LogP contribution in [0.1, 0.15) is 27.2 Å². The fourth-order valence-electron chi connectivity index (χ4n) is 2.47. The highest BCUT2D eigenvalue weighted by Crippen LogP contribution is 2.14. The molecule has 1 amide bonds. The number of rotatable bonds is 4. The first kappa shape index (κ1) is 14.8. The molecule has 18 heavy (non-hydrogen) atoms. The number of hydrogen-bond donors (Lipinski definition) is 2. The Morgan fingerprint density at radius 1 is 1.50 bits per heavy atom. The minimum Gasteiger partial charge on any atom is -0.409 e. The van der Waals surface area contributed by atoms with Crippen LogP contribution in [0.3, 0.4) is 0 Å². The Labute approximate surface area is 108 Å². The van der Waals surface area contributed by atoms with E-state index in [0.29, 0.717) is 25.6 Å². The van der Waals surface area contributed by atoms with Crippen LogP contribution in [0, 0.1) is 5.92 Å². The molecule has 0 radical (unpaired) electrons. The van der Waals surface area contributed by atoms with Gasteiger partial charge in [-0.3, -0.25) is 9.69 Å². The van der Waals surface area contributed by atoms with Crippen molar-refractivity contribution < 1.29 is 10.0 Å². The van der Waals surface area contributed by atoms with Gasteiger partial charge >= 0.3 is 0 Å². The number of nitrogens with two attached hydrogens (primary N) is 1. The zero-order chi connectivity index (χ0) is 13.7. The zero-order valence-electron chi connectivity index (χ0n) is 11.5. The summed E-state index contributed by atoms with van der Waals surface area (Å²) in [5.74, 6) is -0.529. The van der Waals surface area contributed by atoms with E-state index in [9.17, 15) is 4.79 Å². The smallest absolute Gasteiger partial charge is 0.233 e. The van der Waals surface area contributed by atoms with Gasteiger partial charge in [0.05, 0.1) is 5.92 Å². The Bertz CT molecular complexity index is 319. The molecule has 0 aromatic carbocycles. The normalized spacial score (nSPS) is 24.1. The molecule has 1 rings (SSSR count). The number of amidine groups is 1. The molecular weight excluding hydrogens is 232 g/mol. The molecule has 0 aromatic heterocycles. The maximum absolute atomic E-state index is 12.3. The summed E-state index contributed by atoms with van der Waals surface area (Å²) in [4.78, 5) is 16.5. The molecule has 1 saturated heterocycles. The van der Waals surface area contributed by atoms with Crippen molar-refractivity contribution in [1.29, 1.82) is 0 Å². The quantitative estimate of drug-likeness (QED) is 0.328. The first-order chi connectivity index (χ1) is 8.54. The van der Waals surface area contributed by atoms with Gasteiger partial charge in [-0.25, -0.2) is 0 Å². The van der Waals surface area contributed by atoms with Gasteiger partial charge in [0.15, 0.2) is 5.84 Å². The lowest BCUT2D eigenvalue weighted by Gasteiger charge is -2.40. The van der Waals surface area contributed by atoms with E-state index in [-0.39, 0.29) is 11.7 Å². The number of hydrogen-bond acceptors (Lipinski definition) is 4. The van der Waals surface area contributed by atoms with Crippen LogP contribution < -0.4 is 5.73 Å². The van der Waals surface area contributed by atoms with Crippen molar-refractivity contribution in [3.63, 3.8) is 0 Å². The van der Waals surface area contributed by atoms with E-state index in [1.807, 2.05) is 11.8 Å². The van der Waals surface area contributed by atoms with Gasteiger partial charge < -0.3 is 15.8 Å². The largest absolute Gasteiger partial charge is 0.409 e. The number of amides is 1. The molecule has 1 heterocycles. The average molecular weight is 256 g/mol. The van der Waals surface area contributed by atoms with Crippen molar-refractivity contribution in [3.05, 3.63) is 0 Å². The van der Waals surface area contributed by atoms with Gasteiger partial charge in [-0.15, -0.1) is 0 Å². The van der Waals surface area contributed by atoms with Crippen LogP contribution in [0.15, 0.2) is 5.16 Å². The summed E-state index contributed by atoms with van der Waals surface area (Å²) in [7, 11) is 0. The summed E-state index contributed by atoms with van der Waals surface area (Å²) in [5.41, 5.74) is 5.57. The molecule has 6 heteroatoms. The van der Waals surface area contributed by atoms with Crippen LogP contribution in [0.25, 0.3) is 0 Å². The van der Waals surface area contributed by atoms with Crippen molar-refractivity contribution in [3.8, 4) is 0 Å². The summed E-state index contributed by atoms with van der Waals surface area (Å²) in [6, 6.07) is 0.359. The predicted molar refractivity (Wildman–Crippen MR) is 70.5 cm³/mol. The van der Waals surface area contributed by atoms with E-state index in [2.05, 4.69) is 23.9 Å². The molecule has 3 N–H and O–H groups in total. The number of likely N-dealkylation sites (N-methyl/N-ethyl adjacent to an activating group) is 1. The van der Waals surface area contributed by atoms with Crippen LogP contribution in [-0.2, 0) is 4.79 Å². The minimum absolute atomic E-state index is 0.00748. The Hall–Kier alpha value is -1.30. The van der Waals surface area contributed by atoms with Gasteiger partial charge in [-0.2, -0.15) is 0 Å². The van der Waals surface area contributed by atoms with Crippen molar-refractivity contribution in [2.24, 2.45) is 16.8 Å². The minimum atomic E-state index is -0.504. The van der Waals surface area contributed by atoms with E-state index in [0.717, 1.165) is 13.1 Å². The molecule has 1 aliphatic rings. The van der Waals surface area contributed by atoms with Crippen LogP contribution in [0.5, 0.6) is 0 Å². The fourth-order valence-corrected chi connectivity index (χ4v) is 2.47. The summed E-state index contributed by atoms with van der Waals surface area (Å²) in [5, 5.41) is 11.7. The van der Waals surface area contributed by atoms with Crippen LogP contribution >= 0.6 is 0 Å². The maximum atomic E-state index is 12.3. The monoisotopic (exact) mass is 256 g/mol. The predicted octanol–water partition coefficient (Wildman–Crippen LogP) is 0.312. The molecular formula is C12H24N4O2. The van der Waals surface area contributed by atoms with E-state index < -0.39 is 5.92 Å². The standard InChI is InChI=1S/C12H24N4O2/c1-4-10(11(13)14-18)12(17)16-7-6-15(5-2)9(3)8-16/h9-10,18H,4-8H2,1-3H3,(H2,13,14). The fraction of sp³-hybridized carbons (Fsp3) is 0.833. The lowest BCUT2D eigenvalue weighted by molar-refractivity contribution is -0.136. The first-order valence-corrected chi connectivity index (χ1v) is 6.55. The van der Waals surface area contributed by atoms with Gasteiger partial charge in [-0.05, 0) is 19.9 Å². The Morgan fingerprint density at radius 3 is 2.61 bits per heavy atom. The molecule has 0 aliphatic carbocycles. The highest BCUT2D eigenvalue weighted by atomic mass is 16.4. The average Bonchev–Trinajstić information content (AvgIpc) is 2.38. The Morgan fingerprint density at radius 2 is 2.17 bits per heavy atom. The zero-order valence-corrected chi connectivity index (χ0v) is 11.5. The molecule has 0 saturated carbocycles. The summed E-state index contributed by atoms with van der Waals surface area (Å²) in [6.07, 6.45) is 0.553. The number of carbonyl (C=O) groups excluding carboxylic acids is 1. The van der Waals surface area contributed by atoms with Crippen LogP contribution in [0.4, 0.5) is 0 Å². The van der Waals surface area contributed by atoms with E-state index in [1.54, 1.807) is 0 Å². The molecule has 2 atom stereocenters. The third-order valence-corrected chi connectivity index (χ3v) is 3.66.